The Morgan fingerprint density at radius 1 is 0.667 bits per heavy atom. The van der Waals surface area contributed by atoms with Gasteiger partial charge < -0.3 is 30.0 Å². The van der Waals surface area contributed by atoms with Crippen LogP contribution in [0.1, 0.15) is 37.1 Å². The molecular formula is C40H44Cl2N8O4. The lowest BCUT2D eigenvalue weighted by Gasteiger charge is -2.31. The number of hydrogen-bond acceptors (Lipinski definition) is 8. The van der Waals surface area contributed by atoms with Crippen molar-refractivity contribution in [2.75, 3.05) is 26.2 Å². The summed E-state index contributed by atoms with van der Waals surface area (Å²) in [4.78, 5) is 27.2. The van der Waals surface area contributed by atoms with Gasteiger partial charge in [0.1, 0.15) is 11.0 Å². The molecule has 12 nitrogen and oxygen atoms in total. The fraction of sp³-hybridized carbons (Fsp3) is 0.400. The molecule has 8 rings (SSSR count). The first-order valence-electron chi connectivity index (χ1n) is 18.6. The van der Waals surface area contributed by atoms with Crippen LogP contribution >= 0.6 is 23.2 Å². The van der Waals surface area contributed by atoms with Crippen LogP contribution in [-0.2, 0) is 13.1 Å². The third-order valence-electron chi connectivity index (χ3n) is 11.0. The Morgan fingerprint density at radius 2 is 1.06 bits per heavy atom. The molecule has 4 N–H and O–H groups in total. The van der Waals surface area contributed by atoms with Crippen molar-refractivity contribution in [2.45, 2.75) is 64.8 Å². The Balaban J connectivity index is 1.04. The molecule has 0 spiro atoms. The number of benzene rings is 2. The smallest absolute Gasteiger partial charge is 0.276 e. The van der Waals surface area contributed by atoms with Gasteiger partial charge in [-0.05, 0) is 76.6 Å². The normalized spacial score (nSPS) is 19.7. The molecule has 4 aromatic heterocycles. The molecule has 2 aliphatic carbocycles. The summed E-state index contributed by atoms with van der Waals surface area (Å²) in [5.41, 5.74) is 6.08. The Morgan fingerprint density at radius 3 is 1.44 bits per heavy atom. The quantitative estimate of drug-likeness (QED) is 0.121. The van der Waals surface area contributed by atoms with Crippen LogP contribution in [0.2, 0.25) is 10.0 Å². The van der Waals surface area contributed by atoms with Gasteiger partial charge in [0.2, 0.25) is 0 Å². The van der Waals surface area contributed by atoms with Crippen molar-refractivity contribution in [3.63, 3.8) is 0 Å². The molecular weight excluding hydrogens is 727 g/mol. The molecule has 2 aliphatic rings. The van der Waals surface area contributed by atoms with Crippen LogP contribution in [0.5, 0.6) is 0 Å². The summed E-state index contributed by atoms with van der Waals surface area (Å²) in [6, 6.07) is 14.9. The van der Waals surface area contributed by atoms with E-state index in [2.05, 4.69) is 10.6 Å². The molecule has 2 aromatic carbocycles. The number of nitrogens with zero attached hydrogens (tertiary/aromatic N) is 6. The summed E-state index contributed by atoms with van der Waals surface area (Å²) < 4.78 is 6.73. The molecule has 6 aromatic rings. The molecule has 54 heavy (non-hydrogen) atoms. The van der Waals surface area contributed by atoms with Crippen LogP contribution in [0.4, 0.5) is 0 Å². The van der Waals surface area contributed by atoms with E-state index in [0.717, 1.165) is 50.2 Å². The van der Waals surface area contributed by atoms with Crippen LogP contribution < -0.4 is 21.8 Å². The Hall–Kier alpha value is -4.30. The number of aliphatic hydroxyl groups is 2. The molecule has 4 heterocycles. The highest BCUT2D eigenvalue weighted by molar-refractivity contribution is 6.39. The van der Waals surface area contributed by atoms with E-state index >= 15 is 0 Å². The number of rotatable bonds is 13. The molecule has 0 saturated heterocycles. The summed E-state index contributed by atoms with van der Waals surface area (Å²) in [5.74, 6) is 0.978. The van der Waals surface area contributed by atoms with Crippen LogP contribution in [-0.4, -0.2) is 77.0 Å². The molecule has 0 bridgehead atoms. The maximum absolute atomic E-state index is 13.6. The van der Waals surface area contributed by atoms with Crippen molar-refractivity contribution in [2.24, 2.45) is 11.8 Å². The minimum absolute atomic E-state index is 0.130. The zero-order valence-corrected chi connectivity index (χ0v) is 31.8. The lowest BCUT2D eigenvalue weighted by atomic mass is 9.82. The zero-order valence-electron chi connectivity index (χ0n) is 30.3. The van der Waals surface area contributed by atoms with E-state index < -0.39 is 0 Å². The Kier molecular flexibility index (Phi) is 10.2. The van der Waals surface area contributed by atoms with Gasteiger partial charge in [-0.2, -0.15) is 10.2 Å². The largest absolute Gasteiger partial charge is 0.393 e. The van der Waals surface area contributed by atoms with E-state index in [-0.39, 0.29) is 23.3 Å². The number of hydrogen-bond donors (Lipinski definition) is 4. The van der Waals surface area contributed by atoms with Crippen molar-refractivity contribution in [1.82, 2.24) is 39.0 Å². The molecule has 0 atom stereocenters. The standard InChI is InChI=1S/C40H44Cl2N8O4/c1-23-21-49-35(39(53)47(23)11-9-43-19-25-13-27(51)14-25)17-33(45-49)31-7-3-5-29(37(31)41)30-6-4-8-32(38(30)42)34-18-36-40(54)48(24(2)22-50(36)46-34)12-10-44-20-26-15-28(52)16-26/h3-8,17-18,21-22,25-28,43-44,51-52H,9-16,19-20H2,1-2H3. The van der Waals surface area contributed by atoms with E-state index in [1.165, 1.54) is 0 Å². The van der Waals surface area contributed by atoms with Crippen molar-refractivity contribution < 1.29 is 10.2 Å². The summed E-state index contributed by atoms with van der Waals surface area (Å²) in [5, 5.41) is 36.3. The minimum Gasteiger partial charge on any atom is -0.393 e. The summed E-state index contributed by atoms with van der Waals surface area (Å²) in [7, 11) is 0. The predicted molar refractivity (Wildman–Crippen MR) is 211 cm³/mol. The van der Waals surface area contributed by atoms with Gasteiger partial charge in [0.25, 0.3) is 11.1 Å². The van der Waals surface area contributed by atoms with E-state index in [1.807, 2.05) is 62.6 Å². The Labute approximate surface area is 322 Å². The zero-order chi connectivity index (χ0) is 37.7. The van der Waals surface area contributed by atoms with Crippen LogP contribution in [0.25, 0.3) is 44.7 Å². The molecule has 282 valence electrons. The molecule has 0 amide bonds. The van der Waals surface area contributed by atoms with E-state index in [0.29, 0.717) is 92.7 Å². The first-order valence-corrected chi connectivity index (χ1v) is 19.4. The topological polar surface area (TPSA) is 143 Å². The molecule has 0 unspecified atom stereocenters. The van der Waals surface area contributed by atoms with Gasteiger partial charge in [0.05, 0.1) is 33.6 Å². The summed E-state index contributed by atoms with van der Waals surface area (Å²) in [6.45, 7) is 7.80. The highest BCUT2D eigenvalue weighted by Crippen LogP contribution is 2.42. The van der Waals surface area contributed by atoms with Crippen molar-refractivity contribution in [3.8, 4) is 33.6 Å². The monoisotopic (exact) mass is 770 g/mol. The number of fused-ring (bicyclic) bond motifs is 2. The highest BCUT2D eigenvalue weighted by Gasteiger charge is 2.27. The fourth-order valence-corrected chi connectivity index (χ4v) is 8.47. The van der Waals surface area contributed by atoms with Crippen molar-refractivity contribution in [3.05, 3.63) is 103 Å². The maximum Gasteiger partial charge on any atom is 0.276 e. The van der Waals surface area contributed by atoms with Crippen LogP contribution in [0.3, 0.4) is 0 Å². The number of aromatic nitrogens is 6. The van der Waals surface area contributed by atoms with Gasteiger partial charge in [0.15, 0.2) is 0 Å². The van der Waals surface area contributed by atoms with E-state index in [1.54, 1.807) is 30.3 Å². The lowest BCUT2D eigenvalue weighted by Crippen LogP contribution is -2.38. The van der Waals surface area contributed by atoms with Crippen molar-refractivity contribution >= 4 is 34.2 Å². The summed E-state index contributed by atoms with van der Waals surface area (Å²) >= 11 is 14.3. The van der Waals surface area contributed by atoms with E-state index in [9.17, 15) is 19.8 Å². The number of aliphatic hydroxyl groups excluding tert-OH is 2. The van der Waals surface area contributed by atoms with Gasteiger partial charge in [-0.3, -0.25) is 9.59 Å². The molecule has 0 radical (unpaired) electrons. The third-order valence-corrected chi connectivity index (χ3v) is 11.8. The van der Waals surface area contributed by atoms with Gasteiger partial charge in [-0.15, -0.1) is 0 Å². The second kappa shape index (κ2) is 15.1. The highest BCUT2D eigenvalue weighted by atomic mass is 35.5. The van der Waals surface area contributed by atoms with Crippen LogP contribution in [0, 0.1) is 25.7 Å². The Bertz CT molecular complexity index is 2300. The van der Waals surface area contributed by atoms with Crippen molar-refractivity contribution in [1.29, 1.82) is 0 Å². The lowest BCUT2D eigenvalue weighted by molar-refractivity contribution is 0.0428. The molecule has 2 fully saturated rings. The van der Waals surface area contributed by atoms with Gasteiger partial charge in [0, 0.05) is 72.2 Å². The van der Waals surface area contributed by atoms with Gasteiger partial charge in [-0.25, -0.2) is 9.03 Å². The van der Waals surface area contributed by atoms with Gasteiger partial charge >= 0.3 is 0 Å². The average Bonchev–Trinajstić information content (AvgIpc) is 3.74. The van der Waals surface area contributed by atoms with Crippen LogP contribution in [0.15, 0.2) is 70.5 Å². The van der Waals surface area contributed by atoms with E-state index in [4.69, 9.17) is 33.4 Å². The minimum atomic E-state index is -0.176. The molecule has 2 saturated carbocycles. The SMILES string of the molecule is Cc1cn2nc(-c3cccc(-c4cccc(-c5cc6c(=O)n(CCNCC7CC(O)C7)c(C)cn6n5)c4Cl)c3Cl)cc2c(=O)n1CCNCC1CC(O)C1. The number of aryl methyl sites for hydroxylation is 2. The number of halogens is 2. The second-order valence-electron chi connectivity index (χ2n) is 14.9. The second-order valence-corrected chi connectivity index (χ2v) is 15.7. The first-order chi connectivity index (χ1) is 26.0. The molecule has 0 aliphatic heterocycles. The molecule has 14 heteroatoms. The fourth-order valence-electron chi connectivity index (χ4n) is 7.82. The average molecular weight is 772 g/mol. The predicted octanol–water partition coefficient (Wildman–Crippen LogP) is 4.95. The maximum atomic E-state index is 13.6. The summed E-state index contributed by atoms with van der Waals surface area (Å²) in [6.07, 6.45) is 6.67. The van der Waals surface area contributed by atoms with Gasteiger partial charge in [-0.1, -0.05) is 59.6 Å². The third kappa shape index (κ3) is 7.02. The number of nitrogens with one attached hydrogen (secondary N) is 2. The first kappa shape index (κ1) is 36.7.